The average Bonchev–Trinajstić information content (AvgIpc) is 3.41. The molecule has 82 heavy (non-hydrogen) atoms. The van der Waals surface area contributed by atoms with Crippen LogP contribution >= 0.6 is 0 Å². The minimum Gasteiger partial charge on any atom is -0.402 e. The smallest absolute Gasteiger partial charge is 0.260 e. The number of likely N-dealkylation sites (tertiary alicyclic amines) is 1. The molecule has 2 aliphatic heterocycles. The minimum absolute atomic E-state index is 0.00125. The van der Waals surface area contributed by atoms with Gasteiger partial charge in [-0.25, -0.2) is 15.0 Å². The molecule has 24 nitrogen and oxygen atoms in total. The van der Waals surface area contributed by atoms with Crippen molar-refractivity contribution in [1.82, 2.24) is 45.6 Å². The lowest BCUT2D eigenvalue weighted by atomic mass is 9.80. The molecule has 1 saturated heterocycles. The summed E-state index contributed by atoms with van der Waals surface area (Å²) in [6.07, 6.45) is 4.09. The van der Waals surface area contributed by atoms with Crippen LogP contribution in [-0.2, 0) is 69.0 Å². The number of nitrogens with one attached hydrogen (secondary N) is 3. The number of anilines is 2. The number of fused-ring (bicyclic) bond motifs is 1. The highest BCUT2D eigenvalue weighted by Crippen LogP contribution is 2.33. The van der Waals surface area contributed by atoms with Crippen LogP contribution in [0.1, 0.15) is 94.1 Å². The number of amides is 5. The molecule has 0 radical (unpaired) electrons. The predicted molar refractivity (Wildman–Crippen MR) is 309 cm³/mol. The fraction of sp³-hybridized carbons (Fsp3) is 0.552. The monoisotopic (exact) mass is 1140 g/mol. The standard InChI is InChI=1S/C58H83N13O11/c1-9-69-38-64-67-54(69)47-11-10-12-50(65-47)71-37-45-44(56(71)76)31-51(68(8)39(2)3)66-48(45)34-60-35-53(74)61-18-20-79-22-24-81-26-28-82-27-25-80-23-21-78-19-17-52(73)62-33-46(58(5,6)7)57(77)70-36-43(72)30-49(70)55(75)63-32-42-15-13-41(14-16-42)29-40(4)59/h10-16,29,31,33,38-39,43,46,49,60,72H,9,17-28,30,32,34-37,59H2,1-8H3,(H,61,74)(H,63,75)/t43-,46?,49+/m1/s1. The van der Waals surface area contributed by atoms with E-state index < -0.39 is 29.4 Å². The van der Waals surface area contributed by atoms with Crippen LogP contribution in [0.25, 0.3) is 17.6 Å². The zero-order chi connectivity index (χ0) is 59.2. The van der Waals surface area contributed by atoms with Gasteiger partial charge in [0, 0.05) is 69.7 Å². The first kappa shape index (κ1) is 64.1. The lowest BCUT2D eigenvalue weighted by molar-refractivity contribution is -0.142. The second kappa shape index (κ2) is 32.0. The molecule has 2 aliphatic rings. The third-order valence-electron chi connectivity index (χ3n) is 13.7. The molecule has 446 valence electrons. The van der Waals surface area contributed by atoms with Gasteiger partial charge in [0.05, 0.1) is 109 Å². The molecular weight excluding hydrogens is 1050 g/mol. The number of pyridine rings is 2. The molecule has 1 fully saturated rings. The molecule has 3 aromatic heterocycles. The van der Waals surface area contributed by atoms with E-state index in [1.807, 2.05) is 107 Å². The summed E-state index contributed by atoms with van der Waals surface area (Å²) in [5.74, 6) is -0.643. The maximum absolute atomic E-state index is 13.9. The average molecular weight is 1140 g/mol. The number of carbonyl (C=O) groups is 5. The molecule has 0 saturated carbocycles. The third kappa shape index (κ3) is 19.3. The molecule has 0 bridgehead atoms. The molecule has 0 aliphatic carbocycles. The van der Waals surface area contributed by atoms with E-state index in [4.69, 9.17) is 39.4 Å². The van der Waals surface area contributed by atoms with Crippen molar-refractivity contribution in [3.63, 3.8) is 0 Å². The van der Waals surface area contributed by atoms with Gasteiger partial charge in [-0.05, 0) is 68.5 Å². The number of aliphatic imine (C=N–C) groups is 1. The number of aryl methyl sites for hydroxylation is 1. The van der Waals surface area contributed by atoms with E-state index in [1.165, 1.54) is 11.1 Å². The van der Waals surface area contributed by atoms with Crippen LogP contribution in [0.3, 0.4) is 0 Å². The van der Waals surface area contributed by atoms with Crippen LogP contribution in [0.5, 0.6) is 0 Å². The van der Waals surface area contributed by atoms with Gasteiger partial charge in [0.15, 0.2) is 5.82 Å². The number of nitrogens with zero attached hydrogens (tertiary/aromatic N) is 9. The molecular formula is C58H83N13O11. The van der Waals surface area contributed by atoms with Crippen molar-refractivity contribution >= 4 is 53.5 Å². The van der Waals surface area contributed by atoms with Crippen LogP contribution in [-0.4, -0.2) is 181 Å². The Kier molecular flexibility index (Phi) is 25.0. The molecule has 24 heteroatoms. The van der Waals surface area contributed by atoms with Crippen LogP contribution in [0.4, 0.5) is 11.6 Å². The Bertz CT molecular complexity index is 2800. The molecule has 5 amide bonds. The van der Waals surface area contributed by atoms with Gasteiger partial charge in [-0.2, -0.15) is 0 Å². The summed E-state index contributed by atoms with van der Waals surface area (Å²) in [6, 6.07) is 14.2. The number of benzene rings is 1. The number of β-amino-alcohol motifs (C(OH)–C–C–N with tert-alkyl or cyclic N) is 1. The molecule has 5 heterocycles. The molecule has 6 rings (SSSR count). The Morgan fingerprint density at radius 3 is 2.20 bits per heavy atom. The van der Waals surface area contributed by atoms with Gasteiger partial charge in [-0.3, -0.25) is 28.9 Å². The summed E-state index contributed by atoms with van der Waals surface area (Å²) in [6.45, 7) is 18.4. The number of aliphatic hydroxyl groups is 1. The number of hydrogen-bond donors (Lipinski definition) is 5. The Balaban J connectivity index is 0.774. The SMILES string of the molecule is CCn1cnnc1-c1cccc(N2Cc3c(cc(N(C)C(C)C)nc3CNCC(=O)NCCOCCOCCOCCOCCOCCC(=O)N=CC(C(=O)N3C[C@H](O)C[C@H]3C(=O)NCc3ccc(C=C(C)N)cc3)C(C)(C)C)C2=O)n1. The highest BCUT2D eigenvalue weighted by atomic mass is 16.6. The highest BCUT2D eigenvalue weighted by molar-refractivity contribution is 6.10. The normalized spacial score (nSPS) is 15.9. The lowest BCUT2D eigenvalue weighted by Crippen LogP contribution is -2.50. The van der Waals surface area contributed by atoms with Crippen LogP contribution < -0.4 is 31.5 Å². The number of carbonyl (C=O) groups excluding carboxylic acids is 5. The lowest BCUT2D eigenvalue weighted by Gasteiger charge is -2.32. The summed E-state index contributed by atoms with van der Waals surface area (Å²) in [5, 5.41) is 27.7. The van der Waals surface area contributed by atoms with E-state index in [2.05, 4.69) is 31.1 Å². The number of hydrogen-bond acceptors (Lipinski definition) is 18. The Labute approximate surface area is 480 Å². The van der Waals surface area contributed by atoms with E-state index in [-0.39, 0.29) is 88.4 Å². The number of nitrogens with two attached hydrogens (primary N) is 1. The molecule has 3 atom stereocenters. The summed E-state index contributed by atoms with van der Waals surface area (Å²) in [5.41, 5.74) is 10.2. The van der Waals surface area contributed by atoms with E-state index in [1.54, 1.807) is 24.2 Å². The van der Waals surface area contributed by atoms with Gasteiger partial charge in [0.25, 0.3) is 5.91 Å². The largest absolute Gasteiger partial charge is 0.402 e. The van der Waals surface area contributed by atoms with Gasteiger partial charge in [-0.1, -0.05) is 51.1 Å². The maximum atomic E-state index is 13.9. The van der Waals surface area contributed by atoms with E-state index >= 15 is 0 Å². The van der Waals surface area contributed by atoms with Crippen molar-refractivity contribution in [3.8, 4) is 11.5 Å². The number of rotatable bonds is 33. The quantitative estimate of drug-likeness (QED) is 0.0338. The third-order valence-corrected chi connectivity index (χ3v) is 13.7. The van der Waals surface area contributed by atoms with Gasteiger partial charge < -0.3 is 64.8 Å². The second-order valence-corrected chi connectivity index (χ2v) is 21.4. The predicted octanol–water partition coefficient (Wildman–Crippen LogP) is 3.30. The molecule has 6 N–H and O–H groups in total. The highest BCUT2D eigenvalue weighted by Gasteiger charge is 2.43. The zero-order valence-corrected chi connectivity index (χ0v) is 48.7. The topological polar surface area (TPSA) is 292 Å². The molecule has 4 aromatic rings. The van der Waals surface area contributed by atoms with Crippen molar-refractivity contribution in [2.45, 2.75) is 106 Å². The summed E-state index contributed by atoms with van der Waals surface area (Å²) in [7, 11) is 1.93. The maximum Gasteiger partial charge on any atom is 0.260 e. The summed E-state index contributed by atoms with van der Waals surface area (Å²) < 4.78 is 29.8. The Hall–Kier alpha value is -7.06. The molecule has 1 aromatic carbocycles. The van der Waals surface area contributed by atoms with Gasteiger partial charge in [0.2, 0.25) is 23.6 Å². The van der Waals surface area contributed by atoms with E-state index in [9.17, 15) is 29.1 Å². The van der Waals surface area contributed by atoms with Crippen molar-refractivity contribution in [3.05, 3.63) is 88.5 Å². The van der Waals surface area contributed by atoms with E-state index in [0.717, 1.165) is 16.7 Å². The molecule has 0 spiro atoms. The number of allylic oxidation sites excluding steroid dienone is 1. The number of aliphatic hydroxyl groups excluding tert-OH is 1. The first-order chi connectivity index (χ1) is 39.3. The van der Waals surface area contributed by atoms with Crippen LogP contribution in [0, 0.1) is 11.3 Å². The number of ether oxygens (including phenoxy) is 5. The van der Waals surface area contributed by atoms with Crippen LogP contribution in [0.15, 0.2) is 65.5 Å². The minimum atomic E-state index is -0.868. The summed E-state index contributed by atoms with van der Waals surface area (Å²) in [4.78, 5) is 85.4. The first-order valence-electron chi connectivity index (χ1n) is 28.0. The van der Waals surface area contributed by atoms with Crippen molar-refractivity contribution in [1.29, 1.82) is 0 Å². The second-order valence-electron chi connectivity index (χ2n) is 21.4. The first-order valence-corrected chi connectivity index (χ1v) is 28.0. The van der Waals surface area contributed by atoms with E-state index in [0.29, 0.717) is 106 Å². The van der Waals surface area contributed by atoms with Crippen molar-refractivity contribution in [2.75, 3.05) is 103 Å². The van der Waals surface area contributed by atoms with Crippen molar-refractivity contribution in [2.24, 2.45) is 22.1 Å². The van der Waals surface area contributed by atoms with Gasteiger partial charge >= 0.3 is 0 Å². The Morgan fingerprint density at radius 2 is 1.56 bits per heavy atom. The fourth-order valence-electron chi connectivity index (χ4n) is 8.94. The molecule has 1 unspecified atom stereocenters. The summed E-state index contributed by atoms with van der Waals surface area (Å²) >= 11 is 0. The fourth-order valence-corrected chi connectivity index (χ4v) is 8.94. The van der Waals surface area contributed by atoms with Gasteiger partial charge in [-0.15, -0.1) is 10.2 Å². The Morgan fingerprint density at radius 1 is 0.902 bits per heavy atom. The zero-order valence-electron chi connectivity index (χ0n) is 48.7. The number of aromatic nitrogens is 5. The van der Waals surface area contributed by atoms with Gasteiger partial charge in [0.1, 0.15) is 29.7 Å². The van der Waals surface area contributed by atoms with Crippen molar-refractivity contribution < 1.29 is 52.8 Å². The van der Waals surface area contributed by atoms with Crippen LogP contribution in [0.2, 0.25) is 0 Å².